The molecule has 0 aliphatic heterocycles. The van der Waals surface area contributed by atoms with Crippen LogP contribution in [0.2, 0.25) is 0 Å². The van der Waals surface area contributed by atoms with Crippen molar-refractivity contribution in [3.8, 4) is 0 Å². The highest BCUT2D eigenvalue weighted by Gasteiger charge is 2.01. The van der Waals surface area contributed by atoms with Crippen LogP contribution < -0.4 is 0 Å². The predicted octanol–water partition coefficient (Wildman–Crippen LogP) is 1.98. The lowest BCUT2D eigenvalue weighted by Crippen LogP contribution is -2.00. The van der Waals surface area contributed by atoms with E-state index < -0.39 is 0 Å². The second-order valence-corrected chi connectivity index (χ2v) is 2.73. The van der Waals surface area contributed by atoms with Gasteiger partial charge in [0.15, 0.2) is 0 Å². The molecular weight excluding hydrogens is 164 g/mol. The van der Waals surface area contributed by atoms with Crippen molar-refractivity contribution in [2.75, 3.05) is 7.11 Å². The van der Waals surface area contributed by atoms with Gasteiger partial charge in [0.05, 0.1) is 13.5 Å². The zero-order valence-corrected chi connectivity index (χ0v) is 7.62. The van der Waals surface area contributed by atoms with E-state index in [1.165, 1.54) is 7.11 Å². The van der Waals surface area contributed by atoms with Crippen LogP contribution in [0.5, 0.6) is 0 Å². The second-order valence-electron chi connectivity index (χ2n) is 2.73. The molecule has 0 N–H and O–H groups in total. The summed E-state index contributed by atoms with van der Waals surface area (Å²) in [5.41, 5.74) is 1.94. The molecule has 2 heteroatoms. The van der Waals surface area contributed by atoms with Crippen LogP contribution in [0.25, 0.3) is 0 Å². The van der Waals surface area contributed by atoms with E-state index in [4.69, 9.17) is 0 Å². The molecule has 0 saturated heterocycles. The topological polar surface area (TPSA) is 26.3 Å². The first-order chi connectivity index (χ1) is 6.22. The lowest BCUT2D eigenvalue weighted by Gasteiger charge is -2.00. The lowest BCUT2D eigenvalue weighted by molar-refractivity contribution is -0.139. The summed E-state index contributed by atoms with van der Waals surface area (Å²) in [4.78, 5) is 10.8. The molecule has 0 fully saturated rings. The normalized spacial score (nSPS) is 9.69. The highest BCUT2D eigenvalue weighted by molar-refractivity contribution is 5.71. The van der Waals surface area contributed by atoms with Crippen LogP contribution in [0.15, 0.2) is 24.3 Å². The fourth-order valence-electron chi connectivity index (χ4n) is 1.00. The highest BCUT2D eigenvalue weighted by Crippen LogP contribution is 2.08. The van der Waals surface area contributed by atoms with Gasteiger partial charge in [0.2, 0.25) is 0 Å². The minimum atomic E-state index is -0.227. The van der Waals surface area contributed by atoms with E-state index in [1.807, 2.05) is 30.7 Å². The summed E-state index contributed by atoms with van der Waals surface area (Å²) in [6, 6.07) is 7.67. The molecular formula is C11H12O2. The molecule has 0 heterocycles. The molecule has 0 unspecified atom stereocenters. The second kappa shape index (κ2) is 4.65. The number of ether oxygens (including phenoxy) is 1. The number of benzene rings is 1. The van der Waals surface area contributed by atoms with E-state index >= 15 is 0 Å². The molecule has 1 aromatic carbocycles. The Kier molecular flexibility index (Phi) is 3.50. The maximum absolute atomic E-state index is 10.8. The monoisotopic (exact) mass is 176 g/mol. The SMILES string of the molecule is [CH2]c1cccc([CH]CC(=O)OC)c1. The maximum atomic E-state index is 10.8. The Bertz CT molecular complexity index is 292. The number of hydrogen-bond acceptors (Lipinski definition) is 2. The largest absolute Gasteiger partial charge is 0.469 e. The van der Waals surface area contributed by atoms with Gasteiger partial charge in [0.1, 0.15) is 0 Å². The van der Waals surface area contributed by atoms with E-state index in [0.717, 1.165) is 11.1 Å². The van der Waals surface area contributed by atoms with Gasteiger partial charge in [-0.25, -0.2) is 0 Å². The summed E-state index contributed by atoms with van der Waals surface area (Å²) in [5, 5.41) is 0. The van der Waals surface area contributed by atoms with Gasteiger partial charge in [-0.15, -0.1) is 0 Å². The Balaban J connectivity index is 2.50. The van der Waals surface area contributed by atoms with E-state index in [0.29, 0.717) is 6.42 Å². The summed E-state index contributed by atoms with van der Waals surface area (Å²) < 4.78 is 4.52. The number of rotatable bonds is 3. The van der Waals surface area contributed by atoms with Crippen molar-refractivity contribution < 1.29 is 9.53 Å². The number of methoxy groups -OCH3 is 1. The van der Waals surface area contributed by atoms with Crippen LogP contribution in [-0.2, 0) is 9.53 Å². The van der Waals surface area contributed by atoms with Gasteiger partial charge < -0.3 is 4.74 Å². The molecule has 0 amide bonds. The molecule has 0 aliphatic rings. The molecule has 0 aliphatic carbocycles. The van der Waals surface area contributed by atoms with Gasteiger partial charge in [-0.1, -0.05) is 24.3 Å². The van der Waals surface area contributed by atoms with Crippen LogP contribution in [0.4, 0.5) is 0 Å². The first kappa shape index (κ1) is 9.78. The molecule has 2 radical (unpaired) electrons. The van der Waals surface area contributed by atoms with Crippen LogP contribution in [0.3, 0.4) is 0 Å². The Morgan fingerprint density at radius 2 is 2.38 bits per heavy atom. The quantitative estimate of drug-likeness (QED) is 0.658. The van der Waals surface area contributed by atoms with Crippen molar-refractivity contribution in [3.05, 3.63) is 48.7 Å². The molecule has 68 valence electrons. The smallest absolute Gasteiger partial charge is 0.306 e. The van der Waals surface area contributed by atoms with Crippen molar-refractivity contribution in [2.45, 2.75) is 6.42 Å². The zero-order valence-electron chi connectivity index (χ0n) is 7.62. The summed E-state index contributed by atoms with van der Waals surface area (Å²) in [5.74, 6) is -0.227. The van der Waals surface area contributed by atoms with E-state index in [9.17, 15) is 4.79 Å². The number of esters is 1. The third-order valence-corrected chi connectivity index (χ3v) is 1.68. The van der Waals surface area contributed by atoms with Crippen LogP contribution in [0, 0.1) is 13.3 Å². The minimum Gasteiger partial charge on any atom is -0.469 e. The summed E-state index contributed by atoms with van der Waals surface area (Å²) in [7, 11) is 1.38. The van der Waals surface area contributed by atoms with Crippen molar-refractivity contribution in [3.63, 3.8) is 0 Å². The minimum absolute atomic E-state index is 0.227. The number of carbonyl (C=O) groups is 1. The molecule has 0 spiro atoms. The number of carbonyl (C=O) groups excluding carboxylic acids is 1. The van der Waals surface area contributed by atoms with Crippen LogP contribution in [-0.4, -0.2) is 13.1 Å². The van der Waals surface area contributed by atoms with Crippen molar-refractivity contribution >= 4 is 5.97 Å². The maximum Gasteiger partial charge on any atom is 0.306 e. The first-order valence-corrected chi connectivity index (χ1v) is 4.04. The van der Waals surface area contributed by atoms with Crippen molar-refractivity contribution in [2.24, 2.45) is 0 Å². The standard InChI is InChI=1S/C11H12O2/c1-9-4-3-5-10(8-9)6-7-11(12)13-2/h3-6,8H,1,7H2,2H3. The van der Waals surface area contributed by atoms with E-state index in [1.54, 1.807) is 0 Å². The van der Waals surface area contributed by atoms with Crippen LogP contribution in [0.1, 0.15) is 17.5 Å². The summed E-state index contributed by atoms with van der Waals surface area (Å²) >= 11 is 0. The van der Waals surface area contributed by atoms with Gasteiger partial charge in [0.25, 0.3) is 0 Å². The van der Waals surface area contributed by atoms with E-state index in [-0.39, 0.29) is 5.97 Å². The Labute approximate surface area is 78.5 Å². The third-order valence-electron chi connectivity index (χ3n) is 1.68. The summed E-state index contributed by atoms with van der Waals surface area (Å²) in [6.45, 7) is 3.79. The Hall–Kier alpha value is -1.31. The van der Waals surface area contributed by atoms with Gasteiger partial charge >= 0.3 is 5.97 Å². The van der Waals surface area contributed by atoms with Crippen LogP contribution >= 0.6 is 0 Å². The summed E-state index contributed by atoms with van der Waals surface area (Å²) in [6.07, 6.45) is 2.13. The lowest BCUT2D eigenvalue weighted by atomic mass is 10.1. The average Bonchev–Trinajstić information content (AvgIpc) is 2.14. The first-order valence-electron chi connectivity index (χ1n) is 4.04. The zero-order chi connectivity index (χ0) is 9.68. The Morgan fingerprint density at radius 3 is 3.00 bits per heavy atom. The molecule has 0 bridgehead atoms. The van der Waals surface area contributed by atoms with Crippen molar-refractivity contribution in [1.82, 2.24) is 0 Å². The van der Waals surface area contributed by atoms with Gasteiger partial charge in [-0.2, -0.15) is 0 Å². The molecule has 0 aromatic heterocycles. The fourth-order valence-corrected chi connectivity index (χ4v) is 1.00. The molecule has 0 atom stereocenters. The molecule has 0 saturated carbocycles. The number of hydrogen-bond donors (Lipinski definition) is 0. The molecule has 1 aromatic rings. The average molecular weight is 176 g/mol. The molecule has 2 nitrogen and oxygen atoms in total. The fraction of sp³-hybridized carbons (Fsp3) is 0.182. The predicted molar refractivity (Wildman–Crippen MR) is 50.9 cm³/mol. The molecule has 1 rings (SSSR count). The van der Waals surface area contributed by atoms with Gasteiger partial charge in [-0.05, 0) is 18.1 Å². The van der Waals surface area contributed by atoms with Gasteiger partial charge in [-0.3, -0.25) is 4.79 Å². The highest BCUT2D eigenvalue weighted by atomic mass is 16.5. The molecule has 13 heavy (non-hydrogen) atoms. The van der Waals surface area contributed by atoms with E-state index in [2.05, 4.69) is 11.7 Å². The van der Waals surface area contributed by atoms with Crippen molar-refractivity contribution in [1.29, 1.82) is 0 Å². The third kappa shape index (κ3) is 3.28. The Morgan fingerprint density at radius 1 is 1.62 bits per heavy atom. The van der Waals surface area contributed by atoms with Gasteiger partial charge in [0, 0.05) is 6.42 Å².